The van der Waals surface area contributed by atoms with Gasteiger partial charge in [0.15, 0.2) is 0 Å². The molecular formula is C18H25NO. The van der Waals surface area contributed by atoms with Gasteiger partial charge in [-0.2, -0.15) is 0 Å². The van der Waals surface area contributed by atoms with Crippen LogP contribution in [0.2, 0.25) is 0 Å². The van der Waals surface area contributed by atoms with Crippen LogP contribution in [-0.2, 0) is 13.0 Å². The lowest BCUT2D eigenvalue weighted by Gasteiger charge is -2.20. The minimum Gasteiger partial charge on any atom is -0.487 e. The van der Waals surface area contributed by atoms with Crippen LogP contribution >= 0.6 is 0 Å². The highest BCUT2D eigenvalue weighted by Gasteiger charge is 2.41. The van der Waals surface area contributed by atoms with Crippen LogP contribution < -0.4 is 10.1 Å². The Morgan fingerprint density at radius 2 is 1.90 bits per heavy atom. The summed E-state index contributed by atoms with van der Waals surface area (Å²) in [7, 11) is 0. The van der Waals surface area contributed by atoms with E-state index in [0.717, 1.165) is 36.6 Å². The van der Waals surface area contributed by atoms with Gasteiger partial charge in [-0.3, -0.25) is 0 Å². The monoisotopic (exact) mass is 271 g/mol. The Labute approximate surface area is 121 Å². The minimum atomic E-state index is -0.0369. The maximum atomic E-state index is 6.17. The van der Waals surface area contributed by atoms with Crippen molar-refractivity contribution in [1.29, 1.82) is 0 Å². The lowest BCUT2D eigenvalue weighted by atomic mass is 10.0. The minimum absolute atomic E-state index is 0.0369. The predicted octanol–water partition coefficient (Wildman–Crippen LogP) is 3.68. The molecule has 2 aliphatic carbocycles. The van der Waals surface area contributed by atoms with Gasteiger partial charge in [-0.1, -0.05) is 18.2 Å². The molecule has 0 saturated heterocycles. The maximum Gasteiger partial charge on any atom is 0.127 e. The molecule has 0 spiro atoms. The molecule has 108 valence electrons. The molecule has 1 heterocycles. The highest BCUT2D eigenvalue weighted by Crippen LogP contribution is 2.45. The lowest BCUT2D eigenvalue weighted by molar-refractivity contribution is 0.137. The first-order valence-corrected chi connectivity index (χ1v) is 8.15. The van der Waals surface area contributed by atoms with Crippen molar-refractivity contribution >= 4 is 0 Å². The molecule has 20 heavy (non-hydrogen) atoms. The van der Waals surface area contributed by atoms with E-state index in [4.69, 9.17) is 4.74 Å². The Morgan fingerprint density at radius 1 is 1.20 bits per heavy atom. The molecule has 1 aromatic carbocycles. The Balaban J connectivity index is 1.48. The Morgan fingerprint density at radius 3 is 2.55 bits per heavy atom. The molecule has 1 N–H and O–H groups in total. The standard InChI is InChI=1S/C18H25NO/c1-18(2)10-14-4-3-5-15(17(14)20-18)11-19-16(12-6-7-12)13-8-9-13/h3-5,12-13,16,19H,6-11H2,1-2H3. The normalized spacial score (nSPS) is 23.8. The van der Waals surface area contributed by atoms with Gasteiger partial charge in [-0.15, -0.1) is 0 Å². The molecule has 0 radical (unpaired) electrons. The summed E-state index contributed by atoms with van der Waals surface area (Å²) in [6.45, 7) is 5.33. The van der Waals surface area contributed by atoms with E-state index in [9.17, 15) is 0 Å². The van der Waals surface area contributed by atoms with Crippen molar-refractivity contribution in [2.24, 2.45) is 11.8 Å². The van der Waals surface area contributed by atoms with Gasteiger partial charge in [0.1, 0.15) is 11.4 Å². The fourth-order valence-electron chi connectivity index (χ4n) is 3.68. The van der Waals surface area contributed by atoms with E-state index >= 15 is 0 Å². The third kappa shape index (κ3) is 2.46. The topological polar surface area (TPSA) is 21.3 Å². The molecule has 3 aliphatic rings. The number of hydrogen-bond donors (Lipinski definition) is 1. The molecule has 1 aliphatic heterocycles. The third-order valence-corrected chi connectivity index (χ3v) is 4.96. The van der Waals surface area contributed by atoms with Gasteiger partial charge in [-0.25, -0.2) is 0 Å². The van der Waals surface area contributed by atoms with Gasteiger partial charge in [0.05, 0.1) is 0 Å². The van der Waals surface area contributed by atoms with Gasteiger partial charge < -0.3 is 10.1 Å². The van der Waals surface area contributed by atoms with E-state index in [1.807, 2.05) is 0 Å². The number of para-hydroxylation sites is 1. The number of hydrogen-bond acceptors (Lipinski definition) is 2. The molecule has 0 amide bonds. The van der Waals surface area contributed by atoms with Crippen LogP contribution in [0.1, 0.15) is 50.7 Å². The van der Waals surface area contributed by atoms with Gasteiger partial charge in [-0.05, 0) is 56.9 Å². The maximum absolute atomic E-state index is 6.17. The quantitative estimate of drug-likeness (QED) is 0.882. The van der Waals surface area contributed by atoms with E-state index in [0.29, 0.717) is 0 Å². The second-order valence-electron chi connectivity index (χ2n) is 7.53. The zero-order valence-electron chi connectivity index (χ0n) is 12.6. The Kier molecular flexibility index (Phi) is 2.85. The molecule has 2 saturated carbocycles. The molecule has 2 fully saturated rings. The summed E-state index contributed by atoms with van der Waals surface area (Å²) < 4.78 is 6.17. The van der Waals surface area contributed by atoms with E-state index in [2.05, 4.69) is 37.4 Å². The van der Waals surface area contributed by atoms with E-state index in [-0.39, 0.29) is 5.60 Å². The Bertz CT molecular complexity index is 502. The summed E-state index contributed by atoms with van der Waals surface area (Å²) >= 11 is 0. The third-order valence-electron chi connectivity index (χ3n) is 4.96. The molecule has 2 heteroatoms. The smallest absolute Gasteiger partial charge is 0.127 e. The molecule has 0 aromatic heterocycles. The van der Waals surface area contributed by atoms with Crippen LogP contribution in [0.15, 0.2) is 18.2 Å². The zero-order valence-corrected chi connectivity index (χ0v) is 12.6. The van der Waals surface area contributed by atoms with Gasteiger partial charge in [0.2, 0.25) is 0 Å². The summed E-state index contributed by atoms with van der Waals surface area (Å²) in [6, 6.07) is 7.39. The molecule has 0 bridgehead atoms. The first-order chi connectivity index (χ1) is 9.62. The van der Waals surface area contributed by atoms with Crippen molar-refractivity contribution in [1.82, 2.24) is 5.32 Å². The summed E-state index contributed by atoms with van der Waals surface area (Å²) in [5.41, 5.74) is 2.69. The van der Waals surface area contributed by atoms with Crippen LogP contribution in [0.5, 0.6) is 5.75 Å². The Hall–Kier alpha value is -1.02. The summed E-state index contributed by atoms with van der Waals surface area (Å²) in [5, 5.41) is 3.84. The van der Waals surface area contributed by atoms with Crippen LogP contribution in [0.3, 0.4) is 0 Å². The number of ether oxygens (including phenoxy) is 1. The van der Waals surface area contributed by atoms with E-state index in [1.165, 1.54) is 36.8 Å². The number of benzene rings is 1. The average Bonchev–Trinajstić information content (AvgIpc) is 3.26. The van der Waals surface area contributed by atoms with E-state index < -0.39 is 0 Å². The SMILES string of the molecule is CC1(C)Cc2cccc(CNC(C3CC3)C3CC3)c2O1. The van der Waals surface area contributed by atoms with Gasteiger partial charge >= 0.3 is 0 Å². The zero-order chi connectivity index (χ0) is 13.7. The lowest BCUT2D eigenvalue weighted by Crippen LogP contribution is -2.32. The van der Waals surface area contributed by atoms with Crippen molar-refractivity contribution in [3.63, 3.8) is 0 Å². The predicted molar refractivity (Wildman–Crippen MR) is 80.9 cm³/mol. The van der Waals surface area contributed by atoms with Crippen molar-refractivity contribution in [2.45, 2.75) is 64.1 Å². The summed E-state index contributed by atoms with van der Waals surface area (Å²) in [5.74, 6) is 3.06. The van der Waals surface area contributed by atoms with Gasteiger partial charge in [0, 0.05) is 24.6 Å². The highest BCUT2D eigenvalue weighted by molar-refractivity contribution is 5.45. The van der Waals surface area contributed by atoms with Crippen molar-refractivity contribution < 1.29 is 4.74 Å². The van der Waals surface area contributed by atoms with Gasteiger partial charge in [0.25, 0.3) is 0 Å². The van der Waals surface area contributed by atoms with Crippen molar-refractivity contribution in [3.8, 4) is 5.75 Å². The molecule has 4 rings (SSSR count). The van der Waals surface area contributed by atoms with Crippen LogP contribution in [-0.4, -0.2) is 11.6 Å². The largest absolute Gasteiger partial charge is 0.487 e. The fraction of sp³-hybridized carbons (Fsp3) is 0.667. The fourth-order valence-corrected chi connectivity index (χ4v) is 3.68. The first-order valence-electron chi connectivity index (χ1n) is 8.15. The molecule has 0 unspecified atom stereocenters. The molecule has 1 aromatic rings. The summed E-state index contributed by atoms with van der Waals surface area (Å²) in [4.78, 5) is 0. The number of fused-ring (bicyclic) bond motifs is 1. The van der Waals surface area contributed by atoms with E-state index in [1.54, 1.807) is 0 Å². The van der Waals surface area contributed by atoms with Crippen molar-refractivity contribution in [3.05, 3.63) is 29.3 Å². The van der Waals surface area contributed by atoms with Crippen LogP contribution in [0.4, 0.5) is 0 Å². The number of nitrogens with one attached hydrogen (secondary N) is 1. The second-order valence-corrected chi connectivity index (χ2v) is 7.53. The van der Waals surface area contributed by atoms with Crippen molar-refractivity contribution in [2.75, 3.05) is 0 Å². The summed E-state index contributed by atoms with van der Waals surface area (Å²) in [6.07, 6.45) is 6.77. The number of rotatable bonds is 5. The average molecular weight is 271 g/mol. The van der Waals surface area contributed by atoms with Crippen LogP contribution in [0.25, 0.3) is 0 Å². The molecule has 2 nitrogen and oxygen atoms in total. The first kappa shape index (κ1) is 12.7. The van der Waals surface area contributed by atoms with Crippen LogP contribution in [0, 0.1) is 11.8 Å². The molecule has 0 atom stereocenters. The highest BCUT2D eigenvalue weighted by atomic mass is 16.5. The second kappa shape index (κ2) is 4.49. The molecular weight excluding hydrogens is 246 g/mol.